The fourth-order valence-corrected chi connectivity index (χ4v) is 1.79. The number of rotatable bonds is 3. The van der Waals surface area contributed by atoms with Crippen molar-refractivity contribution in [1.29, 1.82) is 0 Å². The highest BCUT2D eigenvalue weighted by Gasteiger charge is 2.48. The van der Waals surface area contributed by atoms with Gasteiger partial charge in [-0.2, -0.15) is 21.6 Å². The fraction of sp³-hybridized carbons (Fsp3) is 0.750. The molecule has 0 heterocycles. The molecule has 8 heteroatoms. The summed E-state index contributed by atoms with van der Waals surface area (Å²) in [7, 11) is -4.05. The Labute approximate surface area is 91.2 Å². The van der Waals surface area contributed by atoms with Crippen LogP contribution in [-0.2, 0) is 19.0 Å². The minimum absolute atomic E-state index is 0.0964. The average Bonchev–Trinajstić information content (AvgIpc) is 2.16. The van der Waals surface area contributed by atoms with Gasteiger partial charge in [-0.25, -0.2) is 0 Å². The smallest absolute Gasteiger partial charge is 0.381 e. The van der Waals surface area contributed by atoms with Crippen molar-refractivity contribution in [3.63, 3.8) is 0 Å². The molecule has 0 aromatic rings. The molecule has 16 heavy (non-hydrogen) atoms. The van der Waals surface area contributed by atoms with Crippen LogP contribution >= 0.6 is 0 Å². The topological polar surface area (TPSA) is 52.6 Å². The standard InChI is InChI=1S/C8H11F3O4S/c1-14-6-2-4-7(5-3-6)15-16(12,13)8(9,10)11/h4,6H,2-3,5H2,1H3. The molecular weight excluding hydrogens is 249 g/mol. The van der Waals surface area contributed by atoms with Gasteiger partial charge >= 0.3 is 15.6 Å². The summed E-state index contributed by atoms with van der Waals surface area (Å²) < 4.78 is 66.2. The quantitative estimate of drug-likeness (QED) is 0.574. The Morgan fingerprint density at radius 1 is 1.44 bits per heavy atom. The van der Waals surface area contributed by atoms with Gasteiger partial charge in [-0.05, 0) is 18.9 Å². The molecule has 0 radical (unpaired) electrons. The van der Waals surface area contributed by atoms with Crippen molar-refractivity contribution in [3.05, 3.63) is 11.8 Å². The molecule has 0 saturated carbocycles. The molecule has 0 aliphatic heterocycles. The van der Waals surface area contributed by atoms with Gasteiger partial charge < -0.3 is 8.92 Å². The molecule has 1 rings (SSSR count). The van der Waals surface area contributed by atoms with Crippen LogP contribution in [0.3, 0.4) is 0 Å². The molecule has 4 nitrogen and oxygen atoms in total. The zero-order chi connectivity index (χ0) is 12.4. The van der Waals surface area contributed by atoms with Crippen molar-refractivity contribution in [2.45, 2.75) is 30.9 Å². The monoisotopic (exact) mass is 260 g/mol. The van der Waals surface area contributed by atoms with Crippen molar-refractivity contribution < 1.29 is 30.5 Å². The van der Waals surface area contributed by atoms with Crippen molar-refractivity contribution in [2.75, 3.05) is 7.11 Å². The van der Waals surface area contributed by atoms with E-state index in [9.17, 15) is 21.6 Å². The number of hydrogen-bond acceptors (Lipinski definition) is 4. The maximum atomic E-state index is 12.0. The third-order valence-electron chi connectivity index (χ3n) is 2.15. The first kappa shape index (κ1) is 13.3. The van der Waals surface area contributed by atoms with E-state index in [4.69, 9.17) is 4.74 Å². The molecule has 0 bridgehead atoms. The summed E-state index contributed by atoms with van der Waals surface area (Å²) >= 11 is 0. The molecule has 0 aromatic carbocycles. The number of halogens is 3. The third kappa shape index (κ3) is 3.11. The molecule has 94 valence electrons. The first-order valence-corrected chi connectivity index (χ1v) is 5.89. The second kappa shape index (κ2) is 4.62. The largest absolute Gasteiger partial charge is 0.534 e. The molecule has 0 amide bonds. The molecule has 1 unspecified atom stereocenters. The van der Waals surface area contributed by atoms with Crippen LogP contribution in [0.25, 0.3) is 0 Å². The number of hydrogen-bond donors (Lipinski definition) is 0. The SMILES string of the molecule is COC1CC=C(OS(=O)(=O)C(F)(F)F)CC1. The Bertz CT molecular complexity index is 371. The van der Waals surface area contributed by atoms with Gasteiger partial charge in [-0.3, -0.25) is 0 Å². The van der Waals surface area contributed by atoms with Crippen molar-refractivity contribution in [2.24, 2.45) is 0 Å². The van der Waals surface area contributed by atoms with Crippen LogP contribution in [-0.4, -0.2) is 27.1 Å². The van der Waals surface area contributed by atoms with Gasteiger partial charge in [-0.15, -0.1) is 0 Å². The van der Waals surface area contributed by atoms with Gasteiger partial charge in [0.2, 0.25) is 0 Å². The highest BCUT2D eigenvalue weighted by molar-refractivity contribution is 7.87. The second-order valence-corrected chi connectivity index (χ2v) is 4.82. The van der Waals surface area contributed by atoms with E-state index in [1.54, 1.807) is 0 Å². The van der Waals surface area contributed by atoms with E-state index in [0.29, 0.717) is 12.8 Å². The number of alkyl halides is 3. The highest BCUT2D eigenvalue weighted by atomic mass is 32.2. The van der Waals surface area contributed by atoms with E-state index >= 15 is 0 Å². The summed E-state index contributed by atoms with van der Waals surface area (Å²) in [5.41, 5.74) is -5.38. The van der Waals surface area contributed by atoms with Gasteiger partial charge in [0, 0.05) is 13.5 Å². The predicted octanol–water partition coefficient (Wildman–Crippen LogP) is 1.94. The fourth-order valence-electron chi connectivity index (χ4n) is 1.26. The van der Waals surface area contributed by atoms with E-state index in [1.807, 2.05) is 0 Å². The zero-order valence-corrected chi connectivity index (χ0v) is 9.27. The normalized spacial score (nSPS) is 22.8. The Morgan fingerprint density at radius 3 is 2.44 bits per heavy atom. The van der Waals surface area contributed by atoms with Crippen molar-refractivity contribution in [3.8, 4) is 0 Å². The molecule has 0 saturated heterocycles. The third-order valence-corrected chi connectivity index (χ3v) is 3.16. The summed E-state index contributed by atoms with van der Waals surface area (Å²) in [6.45, 7) is 0. The molecular formula is C8H11F3O4S. The highest BCUT2D eigenvalue weighted by Crippen LogP contribution is 2.30. The number of allylic oxidation sites excluding steroid dienone is 1. The lowest BCUT2D eigenvalue weighted by Gasteiger charge is -2.20. The Morgan fingerprint density at radius 2 is 2.06 bits per heavy atom. The van der Waals surface area contributed by atoms with Crippen LogP contribution in [0.1, 0.15) is 19.3 Å². The van der Waals surface area contributed by atoms with Crippen molar-refractivity contribution in [1.82, 2.24) is 0 Å². The number of ether oxygens (including phenoxy) is 1. The predicted molar refractivity (Wildman–Crippen MR) is 48.8 cm³/mol. The van der Waals surface area contributed by atoms with Gasteiger partial charge in [0.05, 0.1) is 6.10 Å². The van der Waals surface area contributed by atoms with E-state index in [0.717, 1.165) is 0 Å². The summed E-state index contributed by atoms with van der Waals surface area (Å²) in [4.78, 5) is 0. The first-order valence-electron chi connectivity index (χ1n) is 4.49. The van der Waals surface area contributed by atoms with Crippen LogP contribution in [0.2, 0.25) is 0 Å². The second-order valence-electron chi connectivity index (χ2n) is 3.29. The van der Waals surface area contributed by atoms with Gasteiger partial charge in [0.1, 0.15) is 5.76 Å². The van der Waals surface area contributed by atoms with Gasteiger partial charge in [0.25, 0.3) is 0 Å². The lowest BCUT2D eigenvalue weighted by molar-refractivity contribution is -0.0525. The molecule has 1 aliphatic rings. The maximum Gasteiger partial charge on any atom is 0.534 e. The molecule has 0 aromatic heterocycles. The Balaban J connectivity index is 2.67. The van der Waals surface area contributed by atoms with Gasteiger partial charge in [-0.1, -0.05) is 0 Å². The van der Waals surface area contributed by atoms with Crippen LogP contribution < -0.4 is 0 Å². The summed E-state index contributed by atoms with van der Waals surface area (Å²) in [5.74, 6) is -0.175. The van der Waals surface area contributed by atoms with Crippen LogP contribution in [0.5, 0.6) is 0 Å². The minimum Gasteiger partial charge on any atom is -0.381 e. The van der Waals surface area contributed by atoms with Crippen LogP contribution in [0.15, 0.2) is 11.8 Å². The zero-order valence-electron chi connectivity index (χ0n) is 8.45. The average molecular weight is 260 g/mol. The lowest BCUT2D eigenvalue weighted by atomic mass is 10.0. The van der Waals surface area contributed by atoms with Crippen LogP contribution in [0, 0.1) is 0 Å². The maximum absolute atomic E-state index is 12.0. The van der Waals surface area contributed by atoms with Gasteiger partial charge in [0.15, 0.2) is 0 Å². The van der Waals surface area contributed by atoms with E-state index < -0.39 is 15.6 Å². The lowest BCUT2D eigenvalue weighted by Crippen LogP contribution is -2.26. The van der Waals surface area contributed by atoms with Crippen LogP contribution in [0.4, 0.5) is 13.2 Å². The van der Waals surface area contributed by atoms with Crippen molar-refractivity contribution >= 4 is 10.1 Å². The van der Waals surface area contributed by atoms with E-state index in [2.05, 4.69) is 4.18 Å². The molecule has 1 aliphatic carbocycles. The minimum atomic E-state index is -5.53. The first-order chi connectivity index (χ1) is 7.26. The Hall–Kier alpha value is -0.760. The molecule has 1 atom stereocenters. The number of methoxy groups -OCH3 is 1. The Kier molecular flexibility index (Phi) is 3.84. The summed E-state index contributed by atoms with van der Waals surface area (Å²) in [6.07, 6.45) is 2.12. The van der Waals surface area contributed by atoms with E-state index in [-0.39, 0.29) is 18.3 Å². The van der Waals surface area contributed by atoms with E-state index in [1.165, 1.54) is 13.2 Å². The summed E-state index contributed by atoms with van der Waals surface area (Å²) in [6, 6.07) is 0. The molecule has 0 N–H and O–H groups in total. The summed E-state index contributed by atoms with van der Waals surface area (Å²) in [5, 5.41) is 0. The molecule has 0 spiro atoms. The molecule has 0 fully saturated rings.